The molecule has 0 heterocycles. The summed E-state index contributed by atoms with van der Waals surface area (Å²) in [5, 5.41) is 0.451. The molecule has 0 bridgehead atoms. The molecule has 0 aromatic carbocycles. The molecular formula is C12H22BrFO2. The van der Waals surface area contributed by atoms with Crippen LogP contribution in [0.2, 0.25) is 0 Å². The van der Waals surface area contributed by atoms with Crippen LogP contribution in [0.25, 0.3) is 0 Å². The standard InChI is InChI=1S/C12H22BrFO2/c1-16-12(15)9-7-5-3-2-4-6-8-11(14)10-13/h11H,2-10H2,1H3/t11-/m0/s1. The number of hydrogen-bond acceptors (Lipinski definition) is 2. The molecule has 0 saturated heterocycles. The van der Waals surface area contributed by atoms with Gasteiger partial charge in [0, 0.05) is 11.8 Å². The number of rotatable bonds is 10. The second-order valence-corrected chi connectivity index (χ2v) is 4.64. The highest BCUT2D eigenvalue weighted by atomic mass is 79.9. The molecule has 0 rings (SSSR count). The summed E-state index contributed by atoms with van der Waals surface area (Å²) in [7, 11) is 1.42. The highest BCUT2D eigenvalue weighted by Crippen LogP contribution is 2.12. The van der Waals surface area contributed by atoms with E-state index in [9.17, 15) is 9.18 Å². The third kappa shape index (κ3) is 10.4. The Balaban J connectivity index is 3.07. The fourth-order valence-corrected chi connectivity index (χ4v) is 1.85. The van der Waals surface area contributed by atoms with Crippen molar-refractivity contribution in [2.24, 2.45) is 0 Å². The molecule has 0 saturated carbocycles. The topological polar surface area (TPSA) is 26.3 Å². The molecule has 16 heavy (non-hydrogen) atoms. The lowest BCUT2D eigenvalue weighted by atomic mass is 10.1. The van der Waals surface area contributed by atoms with Crippen molar-refractivity contribution in [3.63, 3.8) is 0 Å². The molecular weight excluding hydrogens is 275 g/mol. The summed E-state index contributed by atoms with van der Waals surface area (Å²) in [5.41, 5.74) is 0. The fourth-order valence-electron chi connectivity index (χ4n) is 1.52. The van der Waals surface area contributed by atoms with Gasteiger partial charge in [0.15, 0.2) is 0 Å². The largest absolute Gasteiger partial charge is 0.469 e. The van der Waals surface area contributed by atoms with E-state index < -0.39 is 6.17 Å². The van der Waals surface area contributed by atoms with Gasteiger partial charge < -0.3 is 4.74 Å². The van der Waals surface area contributed by atoms with Gasteiger partial charge in [0.25, 0.3) is 0 Å². The minimum atomic E-state index is -0.695. The second kappa shape index (κ2) is 11.4. The second-order valence-electron chi connectivity index (χ2n) is 3.99. The predicted octanol–water partition coefficient (Wildman–Crippen LogP) is 4.01. The van der Waals surface area contributed by atoms with Crippen LogP contribution in [0.15, 0.2) is 0 Å². The van der Waals surface area contributed by atoms with Gasteiger partial charge in [-0.1, -0.05) is 48.0 Å². The van der Waals surface area contributed by atoms with E-state index in [2.05, 4.69) is 20.7 Å². The van der Waals surface area contributed by atoms with E-state index in [0.717, 1.165) is 38.5 Å². The van der Waals surface area contributed by atoms with Gasteiger partial charge in [0.2, 0.25) is 0 Å². The molecule has 0 N–H and O–H groups in total. The van der Waals surface area contributed by atoms with Gasteiger partial charge in [-0.05, 0) is 12.8 Å². The molecule has 0 aromatic rings. The van der Waals surface area contributed by atoms with Crippen molar-refractivity contribution in [3.8, 4) is 0 Å². The van der Waals surface area contributed by atoms with Gasteiger partial charge in [0.1, 0.15) is 6.17 Å². The minimum absolute atomic E-state index is 0.127. The van der Waals surface area contributed by atoms with Gasteiger partial charge in [-0.2, -0.15) is 0 Å². The number of hydrogen-bond donors (Lipinski definition) is 0. The van der Waals surface area contributed by atoms with E-state index in [4.69, 9.17) is 0 Å². The number of methoxy groups -OCH3 is 1. The Hall–Kier alpha value is -0.120. The molecule has 0 fully saturated rings. The van der Waals surface area contributed by atoms with E-state index in [1.54, 1.807) is 0 Å². The number of ether oxygens (including phenoxy) is 1. The molecule has 0 aliphatic rings. The lowest BCUT2D eigenvalue weighted by Gasteiger charge is -2.04. The molecule has 1 atom stereocenters. The van der Waals surface area contributed by atoms with E-state index >= 15 is 0 Å². The van der Waals surface area contributed by atoms with Crippen molar-refractivity contribution >= 4 is 21.9 Å². The number of esters is 1. The molecule has 0 unspecified atom stereocenters. The van der Waals surface area contributed by atoms with Crippen LogP contribution in [-0.4, -0.2) is 24.6 Å². The van der Waals surface area contributed by atoms with Gasteiger partial charge in [-0.25, -0.2) is 4.39 Å². The lowest BCUT2D eigenvalue weighted by molar-refractivity contribution is -0.140. The average Bonchev–Trinajstić information content (AvgIpc) is 2.31. The van der Waals surface area contributed by atoms with Crippen LogP contribution in [0.4, 0.5) is 4.39 Å². The third-order valence-corrected chi connectivity index (χ3v) is 3.25. The van der Waals surface area contributed by atoms with Crippen molar-refractivity contribution in [1.29, 1.82) is 0 Å². The first-order valence-corrected chi connectivity index (χ1v) is 7.09. The first-order chi connectivity index (χ1) is 7.70. The quantitative estimate of drug-likeness (QED) is 0.346. The summed E-state index contributed by atoms with van der Waals surface area (Å²) in [6.45, 7) is 0. The highest BCUT2D eigenvalue weighted by Gasteiger charge is 2.03. The normalized spacial score (nSPS) is 12.4. The molecule has 0 amide bonds. The van der Waals surface area contributed by atoms with Gasteiger partial charge in [-0.15, -0.1) is 0 Å². The molecule has 0 aliphatic carbocycles. The molecule has 0 aliphatic heterocycles. The van der Waals surface area contributed by atoms with Crippen LogP contribution in [0, 0.1) is 0 Å². The zero-order chi connectivity index (χ0) is 12.2. The monoisotopic (exact) mass is 296 g/mol. The first-order valence-electron chi connectivity index (χ1n) is 5.97. The lowest BCUT2D eigenvalue weighted by Crippen LogP contribution is -2.00. The SMILES string of the molecule is COC(=O)CCCCCCCC[C@H](F)CBr. The molecule has 0 radical (unpaired) electrons. The van der Waals surface area contributed by atoms with E-state index in [-0.39, 0.29) is 5.97 Å². The summed E-state index contributed by atoms with van der Waals surface area (Å²) >= 11 is 3.12. The number of carbonyl (C=O) groups excluding carboxylic acids is 1. The Labute approximate surface area is 106 Å². The molecule has 2 nitrogen and oxygen atoms in total. The van der Waals surface area contributed by atoms with E-state index in [0.29, 0.717) is 18.2 Å². The van der Waals surface area contributed by atoms with Crippen molar-refractivity contribution in [2.75, 3.05) is 12.4 Å². The average molecular weight is 297 g/mol. The van der Waals surface area contributed by atoms with E-state index in [1.165, 1.54) is 7.11 Å². The van der Waals surface area contributed by atoms with Crippen molar-refractivity contribution in [2.45, 2.75) is 57.5 Å². The summed E-state index contributed by atoms with van der Waals surface area (Å²) in [6.07, 6.45) is 6.76. The molecule has 4 heteroatoms. The molecule has 96 valence electrons. The fraction of sp³-hybridized carbons (Fsp3) is 0.917. The maximum absolute atomic E-state index is 12.8. The molecule has 0 spiro atoms. The summed E-state index contributed by atoms with van der Waals surface area (Å²) in [6, 6.07) is 0. The highest BCUT2D eigenvalue weighted by molar-refractivity contribution is 9.09. The zero-order valence-corrected chi connectivity index (χ0v) is 11.6. The number of halogens is 2. The Morgan fingerprint density at radius 3 is 2.31 bits per heavy atom. The minimum Gasteiger partial charge on any atom is -0.469 e. The zero-order valence-electron chi connectivity index (χ0n) is 10.0. The van der Waals surface area contributed by atoms with E-state index in [1.807, 2.05) is 0 Å². The van der Waals surface area contributed by atoms with Crippen molar-refractivity contribution < 1.29 is 13.9 Å². The Morgan fingerprint density at radius 2 is 1.75 bits per heavy atom. The van der Waals surface area contributed by atoms with Gasteiger partial charge >= 0.3 is 5.97 Å². The Bertz CT molecular complexity index is 176. The van der Waals surface area contributed by atoms with Crippen LogP contribution in [0.3, 0.4) is 0 Å². The Kier molecular flexibility index (Phi) is 11.3. The Morgan fingerprint density at radius 1 is 1.19 bits per heavy atom. The van der Waals surface area contributed by atoms with Crippen molar-refractivity contribution in [1.82, 2.24) is 0 Å². The van der Waals surface area contributed by atoms with Crippen LogP contribution >= 0.6 is 15.9 Å². The smallest absolute Gasteiger partial charge is 0.305 e. The number of carbonyl (C=O) groups is 1. The molecule has 0 aromatic heterocycles. The van der Waals surface area contributed by atoms with Crippen LogP contribution in [0.5, 0.6) is 0 Å². The van der Waals surface area contributed by atoms with Crippen LogP contribution < -0.4 is 0 Å². The van der Waals surface area contributed by atoms with Gasteiger partial charge in [-0.3, -0.25) is 4.79 Å². The number of unbranched alkanes of at least 4 members (excludes halogenated alkanes) is 5. The predicted molar refractivity (Wildman–Crippen MR) is 67.6 cm³/mol. The van der Waals surface area contributed by atoms with Crippen LogP contribution in [-0.2, 0) is 9.53 Å². The van der Waals surface area contributed by atoms with Crippen molar-refractivity contribution in [3.05, 3.63) is 0 Å². The summed E-state index contributed by atoms with van der Waals surface area (Å²) in [5.74, 6) is -0.127. The summed E-state index contributed by atoms with van der Waals surface area (Å²) in [4.78, 5) is 10.8. The number of alkyl halides is 2. The summed E-state index contributed by atoms with van der Waals surface area (Å²) < 4.78 is 17.3. The van der Waals surface area contributed by atoms with Crippen LogP contribution in [0.1, 0.15) is 51.4 Å². The van der Waals surface area contributed by atoms with Gasteiger partial charge in [0.05, 0.1) is 7.11 Å². The third-order valence-electron chi connectivity index (χ3n) is 2.54. The maximum atomic E-state index is 12.8. The maximum Gasteiger partial charge on any atom is 0.305 e. The first kappa shape index (κ1) is 15.9.